The Labute approximate surface area is 202 Å². The number of benzene rings is 4. The van der Waals surface area contributed by atoms with Gasteiger partial charge in [-0.15, -0.1) is 0 Å². The Morgan fingerprint density at radius 1 is 0.857 bits per heavy atom. The molecule has 0 saturated heterocycles. The van der Waals surface area contributed by atoms with Crippen LogP contribution in [0.5, 0.6) is 5.88 Å². The normalized spacial score (nSPS) is 16.9. The van der Waals surface area contributed by atoms with Crippen LogP contribution in [0.1, 0.15) is 18.0 Å². The molecule has 1 aliphatic rings. The van der Waals surface area contributed by atoms with Gasteiger partial charge in [0, 0.05) is 47.6 Å². The molecule has 5 aromatic rings. The number of para-hydroxylation sites is 1. The molecule has 0 fully saturated rings. The maximum atomic E-state index is 13.5. The Bertz CT molecular complexity index is 1720. The summed E-state index contributed by atoms with van der Waals surface area (Å²) in [7, 11) is 4.04. The van der Waals surface area contributed by atoms with Crippen LogP contribution in [-0.2, 0) is 0 Å². The largest absolute Gasteiger partial charge is 0.494 e. The number of pyridine rings is 1. The Morgan fingerprint density at radius 3 is 2.34 bits per heavy atom. The van der Waals surface area contributed by atoms with E-state index in [1.165, 1.54) is 4.57 Å². The maximum Gasteiger partial charge on any atom is 0.265 e. The third-order valence-corrected chi connectivity index (χ3v) is 6.75. The quantitative estimate of drug-likeness (QED) is 0.395. The summed E-state index contributed by atoms with van der Waals surface area (Å²) in [6, 6.07) is 27.1. The molecular formula is C29H24N4O2. The van der Waals surface area contributed by atoms with Gasteiger partial charge in [-0.3, -0.25) is 4.79 Å². The second-order valence-corrected chi connectivity index (χ2v) is 9.06. The lowest BCUT2D eigenvalue weighted by atomic mass is 9.97. The third kappa shape index (κ3) is 3.37. The molecule has 1 aromatic heterocycles. The molecule has 35 heavy (non-hydrogen) atoms. The molecule has 0 saturated carbocycles. The Morgan fingerprint density at radius 2 is 1.60 bits per heavy atom. The van der Waals surface area contributed by atoms with Crippen LogP contribution in [0, 0.1) is 0 Å². The van der Waals surface area contributed by atoms with Crippen LogP contribution in [0.4, 0.5) is 5.69 Å². The van der Waals surface area contributed by atoms with Gasteiger partial charge in [0.1, 0.15) is 6.04 Å². The van der Waals surface area contributed by atoms with Crippen molar-refractivity contribution in [1.82, 2.24) is 4.57 Å². The van der Waals surface area contributed by atoms with Gasteiger partial charge < -0.3 is 10.0 Å². The number of nitrogens with zero attached hydrogens (tertiary/aromatic N) is 4. The van der Waals surface area contributed by atoms with E-state index in [2.05, 4.69) is 39.4 Å². The number of aromatic nitrogens is 1. The molecule has 0 spiro atoms. The highest BCUT2D eigenvalue weighted by molar-refractivity contribution is 6.12. The average Bonchev–Trinajstić information content (AvgIpc) is 3.38. The fourth-order valence-corrected chi connectivity index (χ4v) is 4.92. The Hall–Kier alpha value is -4.45. The average molecular weight is 461 g/mol. The standard InChI is InChI=1S/C29H24N4O2/c1-32(2)19-13-11-18(12-14-19)25-17-26(31-30-25)21-15-16-24-27-22(21)9-6-10-23(27)28(34)33(29(24)35)20-7-4-3-5-8-20/h3-16,25,34H,17H2,1-2H3/b26-21-. The van der Waals surface area contributed by atoms with Crippen molar-refractivity contribution >= 4 is 32.9 Å². The molecule has 172 valence electrons. The lowest BCUT2D eigenvalue weighted by Gasteiger charge is -2.15. The number of hydrogen-bond donors (Lipinski definition) is 1. The van der Waals surface area contributed by atoms with E-state index in [0.717, 1.165) is 32.9 Å². The summed E-state index contributed by atoms with van der Waals surface area (Å²) < 4.78 is 1.37. The minimum atomic E-state index is -0.249. The highest BCUT2D eigenvalue weighted by Crippen LogP contribution is 2.35. The van der Waals surface area contributed by atoms with Crippen LogP contribution in [0.3, 0.4) is 0 Å². The van der Waals surface area contributed by atoms with E-state index < -0.39 is 0 Å². The van der Waals surface area contributed by atoms with Gasteiger partial charge in [-0.2, -0.15) is 10.2 Å². The smallest absolute Gasteiger partial charge is 0.265 e. The second kappa shape index (κ2) is 8.09. The molecule has 1 atom stereocenters. The zero-order valence-corrected chi connectivity index (χ0v) is 19.5. The molecule has 1 aliphatic heterocycles. The maximum absolute atomic E-state index is 13.5. The summed E-state index contributed by atoms with van der Waals surface area (Å²) in [6.07, 6.45) is 0.680. The monoisotopic (exact) mass is 460 g/mol. The molecule has 6 rings (SSSR count). The van der Waals surface area contributed by atoms with Gasteiger partial charge in [0.25, 0.3) is 5.56 Å². The number of hydrogen-bond acceptors (Lipinski definition) is 5. The molecule has 4 aromatic carbocycles. The van der Waals surface area contributed by atoms with Crippen LogP contribution in [0.2, 0.25) is 0 Å². The van der Waals surface area contributed by atoms with Gasteiger partial charge in [0.15, 0.2) is 0 Å². The molecule has 0 aliphatic carbocycles. The summed E-state index contributed by atoms with van der Waals surface area (Å²) in [5, 5.41) is 24.0. The zero-order valence-electron chi connectivity index (χ0n) is 19.5. The van der Waals surface area contributed by atoms with Crippen molar-refractivity contribution in [3.05, 3.63) is 106 Å². The van der Waals surface area contributed by atoms with E-state index in [0.29, 0.717) is 22.9 Å². The molecular weight excluding hydrogens is 436 g/mol. The lowest BCUT2D eigenvalue weighted by molar-refractivity contribution is 0.443. The summed E-state index contributed by atoms with van der Waals surface area (Å²) in [5.74, 6) is -0.0617. The highest BCUT2D eigenvalue weighted by atomic mass is 16.3. The fourth-order valence-electron chi connectivity index (χ4n) is 4.92. The first-order chi connectivity index (χ1) is 17.0. The molecule has 0 amide bonds. The topological polar surface area (TPSA) is 70.2 Å². The van der Waals surface area contributed by atoms with Crippen molar-refractivity contribution in [2.24, 2.45) is 10.2 Å². The predicted molar refractivity (Wildman–Crippen MR) is 140 cm³/mol. The number of anilines is 1. The number of aromatic hydroxyl groups is 1. The van der Waals surface area contributed by atoms with Gasteiger partial charge in [-0.1, -0.05) is 48.5 Å². The molecule has 0 radical (unpaired) electrons. The van der Waals surface area contributed by atoms with Crippen LogP contribution < -0.4 is 15.7 Å². The molecule has 6 heteroatoms. The summed E-state index contributed by atoms with van der Waals surface area (Å²) in [6.45, 7) is 0. The Balaban J connectivity index is 1.51. The van der Waals surface area contributed by atoms with Crippen LogP contribution in [0.15, 0.2) is 100.0 Å². The third-order valence-electron chi connectivity index (χ3n) is 6.75. The van der Waals surface area contributed by atoms with E-state index in [1.54, 1.807) is 0 Å². The first-order valence-electron chi connectivity index (χ1n) is 11.6. The molecule has 6 nitrogen and oxygen atoms in total. The van der Waals surface area contributed by atoms with Gasteiger partial charge in [-0.25, -0.2) is 4.57 Å². The van der Waals surface area contributed by atoms with Crippen LogP contribution in [0.25, 0.3) is 32.9 Å². The van der Waals surface area contributed by atoms with Crippen LogP contribution >= 0.6 is 0 Å². The van der Waals surface area contributed by atoms with Gasteiger partial charge in [0.05, 0.1) is 11.4 Å². The van der Waals surface area contributed by atoms with Crippen LogP contribution in [-0.4, -0.2) is 23.8 Å². The Kier molecular flexibility index (Phi) is 4.88. The van der Waals surface area contributed by atoms with E-state index >= 15 is 0 Å². The van der Waals surface area contributed by atoms with Crippen molar-refractivity contribution in [2.75, 3.05) is 19.0 Å². The summed E-state index contributed by atoms with van der Waals surface area (Å²) in [4.78, 5) is 15.5. The second-order valence-electron chi connectivity index (χ2n) is 9.06. The number of rotatable bonds is 3. The van der Waals surface area contributed by atoms with Gasteiger partial charge in [0.2, 0.25) is 5.88 Å². The first kappa shape index (κ1) is 21.1. The van der Waals surface area contributed by atoms with E-state index in [1.807, 2.05) is 74.8 Å². The molecule has 0 bridgehead atoms. The van der Waals surface area contributed by atoms with Crippen molar-refractivity contribution in [3.63, 3.8) is 0 Å². The highest BCUT2D eigenvalue weighted by Gasteiger charge is 2.22. The summed E-state index contributed by atoms with van der Waals surface area (Å²) >= 11 is 0. The predicted octanol–water partition coefficient (Wildman–Crippen LogP) is 5.34. The molecule has 1 unspecified atom stereocenters. The van der Waals surface area contributed by atoms with E-state index in [4.69, 9.17) is 0 Å². The van der Waals surface area contributed by atoms with Gasteiger partial charge in [-0.05, 0) is 47.3 Å². The van der Waals surface area contributed by atoms with Crippen molar-refractivity contribution in [3.8, 4) is 11.6 Å². The minimum absolute atomic E-state index is 0.0396. The van der Waals surface area contributed by atoms with Crippen molar-refractivity contribution < 1.29 is 5.11 Å². The first-order valence-corrected chi connectivity index (χ1v) is 11.6. The van der Waals surface area contributed by atoms with Crippen molar-refractivity contribution in [2.45, 2.75) is 12.5 Å². The summed E-state index contributed by atoms with van der Waals surface area (Å²) in [5.41, 5.74) is 3.52. The fraction of sp³-hybridized carbons (Fsp3) is 0.138. The van der Waals surface area contributed by atoms with Gasteiger partial charge >= 0.3 is 0 Å². The molecule has 2 heterocycles. The lowest BCUT2D eigenvalue weighted by Crippen LogP contribution is -2.20. The van der Waals surface area contributed by atoms with Crippen molar-refractivity contribution in [1.29, 1.82) is 0 Å². The number of azo groups is 1. The zero-order chi connectivity index (χ0) is 24.1. The van der Waals surface area contributed by atoms with E-state index in [-0.39, 0.29) is 17.5 Å². The SMILES string of the molecule is CN(C)c1ccc(C2C/C(=c3\ccc4c(=O)n(-c5ccccc5)c(O)c5cccc3c54)N=N2)cc1. The molecule has 1 N–H and O–H groups in total. The van der Waals surface area contributed by atoms with E-state index in [9.17, 15) is 9.90 Å². The minimum Gasteiger partial charge on any atom is -0.494 e.